The summed E-state index contributed by atoms with van der Waals surface area (Å²) in [5.74, 6) is 0.744. The maximum atomic E-state index is 13.5. The van der Waals surface area contributed by atoms with Gasteiger partial charge >= 0.3 is 0 Å². The lowest BCUT2D eigenvalue weighted by Crippen LogP contribution is -3.46. The molecule has 0 aromatic heterocycles. The standard InChI is InChI=1S/C19H34N2O6/c1-10(2)18-6-20-8-19(11(3)4,17(18)27)9-21(7-18)16(20)15(26)14(25)13(24)12(23)5-22/h10-16,22-26H,5-9H2,1-4H3/p+2/t12-,13-,14+,15+,16?,18?,19?/m1/s1. The van der Waals surface area contributed by atoms with Crippen molar-refractivity contribution in [2.75, 3.05) is 32.8 Å². The van der Waals surface area contributed by atoms with Crippen LogP contribution in [0.4, 0.5) is 0 Å². The van der Waals surface area contributed by atoms with Gasteiger partial charge in [-0.25, -0.2) is 0 Å². The van der Waals surface area contributed by atoms with Gasteiger partial charge in [0.2, 0.25) is 6.17 Å². The van der Waals surface area contributed by atoms with E-state index in [9.17, 15) is 25.2 Å². The van der Waals surface area contributed by atoms with Crippen LogP contribution in [0.15, 0.2) is 0 Å². The molecular weight excluding hydrogens is 352 g/mol. The van der Waals surface area contributed by atoms with Crippen LogP contribution in [0.3, 0.4) is 0 Å². The number of hydrogen-bond acceptors (Lipinski definition) is 6. The van der Waals surface area contributed by atoms with E-state index in [4.69, 9.17) is 5.11 Å². The molecule has 7 N–H and O–H groups in total. The molecule has 8 nitrogen and oxygen atoms in total. The van der Waals surface area contributed by atoms with Crippen molar-refractivity contribution in [1.82, 2.24) is 0 Å². The summed E-state index contributed by atoms with van der Waals surface area (Å²) in [5, 5.41) is 49.9. The van der Waals surface area contributed by atoms with Crippen molar-refractivity contribution in [1.29, 1.82) is 0 Å². The van der Waals surface area contributed by atoms with Crippen LogP contribution in [0.5, 0.6) is 0 Å². The highest BCUT2D eigenvalue weighted by Crippen LogP contribution is 2.44. The van der Waals surface area contributed by atoms with Crippen molar-refractivity contribution in [2.45, 2.75) is 58.3 Å². The number of rotatable bonds is 7. The molecule has 0 spiro atoms. The van der Waals surface area contributed by atoms with E-state index in [1.807, 2.05) is 0 Å². The molecular formula is C19H36N2O6+2. The summed E-state index contributed by atoms with van der Waals surface area (Å²) >= 11 is 0. The molecule has 156 valence electrons. The summed E-state index contributed by atoms with van der Waals surface area (Å²) in [6.07, 6.45) is -6.31. The van der Waals surface area contributed by atoms with Gasteiger partial charge in [0, 0.05) is 0 Å². The molecule has 0 aromatic carbocycles. The van der Waals surface area contributed by atoms with Crippen LogP contribution >= 0.6 is 0 Å². The lowest BCUT2D eigenvalue weighted by Gasteiger charge is -2.63. The third kappa shape index (κ3) is 2.88. The van der Waals surface area contributed by atoms with E-state index < -0.39 is 41.9 Å². The van der Waals surface area contributed by atoms with E-state index in [0.717, 1.165) is 9.80 Å². The second kappa shape index (κ2) is 7.02. The van der Waals surface area contributed by atoms with Crippen molar-refractivity contribution in [3.05, 3.63) is 0 Å². The zero-order valence-electron chi connectivity index (χ0n) is 16.7. The number of quaternary nitrogens is 2. The molecule has 4 bridgehead atoms. The van der Waals surface area contributed by atoms with Crippen LogP contribution in [-0.4, -0.2) is 94.7 Å². The SMILES string of the molecule is CC(C)C12C[NH+]3CC(C(C)C)(C[NH+](C1)C3[C@@H](O)[C@@H](O)[C@H](O)[C@H](O)CO)C2=O. The van der Waals surface area contributed by atoms with Crippen molar-refractivity contribution >= 4 is 5.78 Å². The zero-order valence-corrected chi connectivity index (χ0v) is 16.7. The molecule has 4 fully saturated rings. The molecule has 4 aliphatic rings. The molecule has 4 aliphatic heterocycles. The lowest BCUT2D eigenvalue weighted by atomic mass is 9.53. The van der Waals surface area contributed by atoms with Crippen LogP contribution < -0.4 is 9.80 Å². The summed E-state index contributed by atoms with van der Waals surface area (Å²) in [6.45, 7) is 10.1. The first kappa shape index (κ1) is 21.1. The first-order valence-electron chi connectivity index (χ1n) is 10.1. The Labute approximate surface area is 160 Å². The van der Waals surface area contributed by atoms with Crippen molar-refractivity contribution in [3.63, 3.8) is 0 Å². The average molecular weight is 389 g/mol. The van der Waals surface area contributed by atoms with Gasteiger partial charge in [0.1, 0.15) is 55.3 Å². The molecule has 0 aliphatic carbocycles. The van der Waals surface area contributed by atoms with Gasteiger partial charge in [0.25, 0.3) is 0 Å². The molecule has 4 heterocycles. The third-order valence-electron chi connectivity index (χ3n) is 7.79. The Balaban J connectivity index is 1.91. The first-order chi connectivity index (χ1) is 12.5. The largest absolute Gasteiger partial charge is 0.394 e. The van der Waals surface area contributed by atoms with E-state index in [1.165, 1.54) is 0 Å². The Bertz CT molecular complexity index is 537. The monoisotopic (exact) mass is 388 g/mol. The first-order valence-corrected chi connectivity index (χ1v) is 10.1. The highest BCUT2D eigenvalue weighted by Gasteiger charge is 2.74. The summed E-state index contributed by atoms with van der Waals surface area (Å²) in [4.78, 5) is 15.7. The normalized spacial score (nSPS) is 42.6. The van der Waals surface area contributed by atoms with Crippen molar-refractivity contribution in [2.24, 2.45) is 22.7 Å². The van der Waals surface area contributed by atoms with Crippen molar-refractivity contribution in [3.8, 4) is 0 Å². The Morgan fingerprint density at radius 1 is 0.889 bits per heavy atom. The molecule has 0 saturated carbocycles. The van der Waals surface area contributed by atoms with E-state index in [2.05, 4.69) is 27.7 Å². The molecule has 4 saturated heterocycles. The second-order valence-electron chi connectivity index (χ2n) is 9.67. The molecule has 0 unspecified atom stereocenters. The summed E-state index contributed by atoms with van der Waals surface area (Å²) in [7, 11) is 0. The number of hydrogen-bond donors (Lipinski definition) is 7. The number of ketones is 1. The highest BCUT2D eigenvalue weighted by atomic mass is 16.4. The van der Waals surface area contributed by atoms with Gasteiger partial charge in [-0.3, -0.25) is 14.6 Å². The fourth-order valence-corrected chi connectivity index (χ4v) is 5.97. The van der Waals surface area contributed by atoms with E-state index >= 15 is 0 Å². The van der Waals surface area contributed by atoms with Gasteiger partial charge in [0.15, 0.2) is 11.9 Å². The molecule has 4 rings (SSSR count). The van der Waals surface area contributed by atoms with E-state index in [0.29, 0.717) is 32.0 Å². The van der Waals surface area contributed by atoms with Crippen LogP contribution in [0.2, 0.25) is 0 Å². The fraction of sp³-hybridized carbons (Fsp3) is 0.947. The summed E-state index contributed by atoms with van der Waals surface area (Å²) in [5.41, 5.74) is -0.842. The van der Waals surface area contributed by atoms with Crippen LogP contribution in [-0.2, 0) is 4.79 Å². The molecule has 8 heteroatoms. The quantitative estimate of drug-likeness (QED) is 0.235. The molecule has 0 aromatic rings. The lowest BCUT2D eigenvalue weighted by molar-refractivity contribution is -1.17. The number of piperidine rings is 2. The summed E-state index contributed by atoms with van der Waals surface area (Å²) < 4.78 is 0. The van der Waals surface area contributed by atoms with E-state index in [-0.39, 0.29) is 18.0 Å². The van der Waals surface area contributed by atoms with Gasteiger partial charge in [0.05, 0.1) is 6.61 Å². The summed E-state index contributed by atoms with van der Waals surface area (Å²) in [6, 6.07) is 0. The number of nitrogens with one attached hydrogen (secondary N) is 2. The van der Waals surface area contributed by atoms with Crippen LogP contribution in [0, 0.1) is 22.7 Å². The van der Waals surface area contributed by atoms with Crippen molar-refractivity contribution < 1.29 is 40.1 Å². The van der Waals surface area contributed by atoms with E-state index in [1.54, 1.807) is 0 Å². The van der Waals surface area contributed by atoms with Gasteiger partial charge in [-0.2, -0.15) is 0 Å². The Hall–Kier alpha value is -0.610. The number of aliphatic hydroxyl groups excluding tert-OH is 5. The molecule has 4 atom stereocenters. The predicted molar refractivity (Wildman–Crippen MR) is 95.8 cm³/mol. The minimum atomic E-state index is -1.62. The van der Waals surface area contributed by atoms with Gasteiger partial charge in [-0.15, -0.1) is 0 Å². The molecule has 27 heavy (non-hydrogen) atoms. The highest BCUT2D eigenvalue weighted by molar-refractivity contribution is 5.92. The maximum absolute atomic E-state index is 13.5. The minimum Gasteiger partial charge on any atom is -0.394 e. The number of aliphatic hydroxyl groups is 5. The Kier molecular flexibility index (Phi) is 5.49. The number of carbonyl (C=O) groups excluding carboxylic acids is 1. The van der Waals surface area contributed by atoms with Gasteiger partial charge < -0.3 is 25.5 Å². The third-order valence-corrected chi connectivity index (χ3v) is 7.79. The number of carbonyl (C=O) groups is 1. The van der Waals surface area contributed by atoms with Crippen LogP contribution in [0.1, 0.15) is 27.7 Å². The molecule has 0 amide bonds. The smallest absolute Gasteiger partial charge is 0.242 e. The fourth-order valence-electron chi connectivity index (χ4n) is 5.97. The Morgan fingerprint density at radius 2 is 1.30 bits per heavy atom. The number of Topliss-reactive ketones (excluding diaryl/α,β-unsaturated/α-hetero) is 1. The Morgan fingerprint density at radius 3 is 1.63 bits per heavy atom. The second-order valence-corrected chi connectivity index (χ2v) is 9.67. The maximum Gasteiger partial charge on any atom is 0.242 e. The molecule has 0 radical (unpaired) electrons. The predicted octanol–water partition coefficient (Wildman–Crippen LogP) is -4.59. The average Bonchev–Trinajstić information content (AvgIpc) is 2.62. The van der Waals surface area contributed by atoms with Gasteiger partial charge in [-0.1, -0.05) is 27.7 Å². The van der Waals surface area contributed by atoms with Gasteiger partial charge in [-0.05, 0) is 11.8 Å². The topological polar surface area (TPSA) is 127 Å². The minimum absolute atomic E-state index is 0.193. The zero-order chi connectivity index (χ0) is 20.3. The van der Waals surface area contributed by atoms with Crippen LogP contribution in [0.25, 0.3) is 0 Å².